The van der Waals surface area contributed by atoms with Gasteiger partial charge in [0.2, 0.25) is 0 Å². The van der Waals surface area contributed by atoms with Gasteiger partial charge in [0.15, 0.2) is 0 Å². The molecule has 2 nitrogen and oxygen atoms in total. The molecule has 1 rings (SSSR count). The number of hydrogen-bond acceptors (Lipinski definition) is 2. The van der Waals surface area contributed by atoms with E-state index < -0.39 is 12.6 Å². The summed E-state index contributed by atoms with van der Waals surface area (Å²) in [5.41, 5.74) is 0.424. The number of ether oxygens (including phenoxy) is 1. The number of nitriles is 1. The summed E-state index contributed by atoms with van der Waals surface area (Å²) in [4.78, 5) is 0. The van der Waals surface area contributed by atoms with E-state index in [0.29, 0.717) is 11.3 Å². The van der Waals surface area contributed by atoms with Crippen LogP contribution in [0.25, 0.3) is 0 Å². The molecule has 0 fully saturated rings. The standard InChI is InChI=1S/C11H10F3NO/c12-11(13,14)5-2-6-16-10-4-1-3-9(7-10)8-15/h1,3-4,7H,2,5-6H2. The Morgan fingerprint density at radius 2 is 2.06 bits per heavy atom. The predicted molar refractivity (Wildman–Crippen MR) is 51.9 cm³/mol. The van der Waals surface area contributed by atoms with Gasteiger partial charge >= 0.3 is 6.18 Å². The fourth-order valence-corrected chi connectivity index (χ4v) is 1.12. The predicted octanol–water partition coefficient (Wildman–Crippen LogP) is 3.28. The maximum atomic E-state index is 11.8. The Hall–Kier alpha value is -1.70. The molecular formula is C11H10F3NO. The summed E-state index contributed by atoms with van der Waals surface area (Å²) in [5, 5.41) is 8.59. The van der Waals surface area contributed by atoms with Crippen molar-refractivity contribution in [1.82, 2.24) is 0 Å². The minimum Gasteiger partial charge on any atom is -0.494 e. The van der Waals surface area contributed by atoms with Crippen molar-refractivity contribution >= 4 is 0 Å². The highest BCUT2D eigenvalue weighted by Crippen LogP contribution is 2.21. The van der Waals surface area contributed by atoms with Crippen molar-refractivity contribution in [2.24, 2.45) is 0 Å². The molecule has 0 N–H and O–H groups in total. The molecule has 0 bridgehead atoms. The third kappa shape index (κ3) is 4.69. The average Bonchev–Trinajstić information content (AvgIpc) is 2.23. The van der Waals surface area contributed by atoms with Crippen molar-refractivity contribution in [2.75, 3.05) is 6.61 Å². The van der Waals surface area contributed by atoms with Gasteiger partial charge in [-0.15, -0.1) is 0 Å². The zero-order valence-electron chi connectivity index (χ0n) is 8.42. The van der Waals surface area contributed by atoms with Crippen LogP contribution in [0.1, 0.15) is 18.4 Å². The highest BCUT2D eigenvalue weighted by atomic mass is 19.4. The largest absolute Gasteiger partial charge is 0.494 e. The molecule has 86 valence electrons. The van der Waals surface area contributed by atoms with Crippen LogP contribution in [0.5, 0.6) is 5.75 Å². The summed E-state index contributed by atoms with van der Waals surface area (Å²) in [7, 11) is 0. The Labute approximate surface area is 91.3 Å². The second-order valence-electron chi connectivity index (χ2n) is 3.21. The fraction of sp³-hybridized carbons (Fsp3) is 0.364. The second kappa shape index (κ2) is 5.40. The molecular weight excluding hydrogens is 219 g/mol. The molecule has 0 spiro atoms. The molecule has 0 aliphatic carbocycles. The molecule has 0 saturated carbocycles. The molecule has 0 unspecified atom stereocenters. The van der Waals surface area contributed by atoms with Crippen LogP contribution < -0.4 is 4.74 Å². The first-order valence-corrected chi connectivity index (χ1v) is 4.71. The van der Waals surface area contributed by atoms with E-state index in [4.69, 9.17) is 10.00 Å². The second-order valence-corrected chi connectivity index (χ2v) is 3.21. The van der Waals surface area contributed by atoms with Gasteiger partial charge in [-0.1, -0.05) is 6.07 Å². The van der Waals surface area contributed by atoms with Crippen LogP contribution in [0, 0.1) is 11.3 Å². The van der Waals surface area contributed by atoms with Crippen molar-refractivity contribution < 1.29 is 17.9 Å². The highest BCUT2D eigenvalue weighted by Gasteiger charge is 2.26. The molecule has 1 aromatic rings. The van der Waals surface area contributed by atoms with Crippen molar-refractivity contribution in [1.29, 1.82) is 5.26 Å². The van der Waals surface area contributed by atoms with Crippen LogP contribution >= 0.6 is 0 Å². The highest BCUT2D eigenvalue weighted by molar-refractivity contribution is 5.36. The summed E-state index contributed by atoms with van der Waals surface area (Å²) in [6.45, 7) is -0.00556. The Balaban J connectivity index is 2.35. The van der Waals surface area contributed by atoms with Crippen LogP contribution in [-0.2, 0) is 0 Å². The summed E-state index contributed by atoms with van der Waals surface area (Å²) in [6.07, 6.45) is -5.08. The van der Waals surface area contributed by atoms with Gasteiger partial charge in [-0.2, -0.15) is 18.4 Å². The number of hydrogen-bond donors (Lipinski definition) is 0. The third-order valence-electron chi connectivity index (χ3n) is 1.84. The molecule has 0 aliphatic heterocycles. The lowest BCUT2D eigenvalue weighted by Gasteiger charge is -2.08. The number of rotatable bonds is 4. The van der Waals surface area contributed by atoms with Gasteiger partial charge in [0.25, 0.3) is 0 Å². The van der Waals surface area contributed by atoms with Gasteiger partial charge in [-0.25, -0.2) is 0 Å². The Bertz CT molecular complexity index is 382. The van der Waals surface area contributed by atoms with Crippen molar-refractivity contribution in [2.45, 2.75) is 19.0 Å². The van der Waals surface area contributed by atoms with E-state index in [2.05, 4.69) is 0 Å². The van der Waals surface area contributed by atoms with Crippen LogP contribution in [0.3, 0.4) is 0 Å². The van der Waals surface area contributed by atoms with Crippen LogP contribution in [0.4, 0.5) is 13.2 Å². The van der Waals surface area contributed by atoms with Crippen LogP contribution in [-0.4, -0.2) is 12.8 Å². The van der Waals surface area contributed by atoms with Gasteiger partial charge in [0.1, 0.15) is 5.75 Å². The quantitative estimate of drug-likeness (QED) is 0.742. The summed E-state index contributed by atoms with van der Waals surface area (Å²) in [5.74, 6) is 0.418. The smallest absolute Gasteiger partial charge is 0.389 e. The van der Waals surface area contributed by atoms with Gasteiger partial charge in [0, 0.05) is 6.42 Å². The Morgan fingerprint density at radius 1 is 1.31 bits per heavy atom. The number of benzene rings is 1. The zero-order valence-corrected chi connectivity index (χ0v) is 8.42. The van der Waals surface area contributed by atoms with E-state index in [9.17, 15) is 13.2 Å². The molecule has 16 heavy (non-hydrogen) atoms. The van der Waals surface area contributed by atoms with E-state index in [1.807, 2.05) is 6.07 Å². The Kier molecular flexibility index (Phi) is 4.18. The van der Waals surface area contributed by atoms with Gasteiger partial charge < -0.3 is 4.74 Å². The summed E-state index contributed by atoms with van der Waals surface area (Å²) >= 11 is 0. The molecule has 1 aromatic carbocycles. The molecule has 5 heteroatoms. The molecule has 0 amide bonds. The molecule has 0 heterocycles. The van der Waals surface area contributed by atoms with E-state index in [-0.39, 0.29) is 13.0 Å². The lowest BCUT2D eigenvalue weighted by molar-refractivity contribution is -0.136. The molecule has 0 aliphatic rings. The van der Waals surface area contributed by atoms with E-state index in [1.54, 1.807) is 18.2 Å². The molecule has 0 saturated heterocycles. The van der Waals surface area contributed by atoms with E-state index in [1.165, 1.54) is 6.07 Å². The monoisotopic (exact) mass is 229 g/mol. The first-order valence-electron chi connectivity index (χ1n) is 4.71. The van der Waals surface area contributed by atoms with Crippen molar-refractivity contribution in [3.8, 4) is 11.8 Å². The van der Waals surface area contributed by atoms with Gasteiger partial charge in [-0.05, 0) is 24.6 Å². The number of alkyl halides is 3. The SMILES string of the molecule is N#Cc1cccc(OCCCC(F)(F)F)c1. The normalized spacial score (nSPS) is 10.9. The number of nitrogens with zero attached hydrogens (tertiary/aromatic N) is 1. The Morgan fingerprint density at radius 3 is 2.69 bits per heavy atom. The van der Waals surface area contributed by atoms with E-state index >= 15 is 0 Å². The summed E-state index contributed by atoms with van der Waals surface area (Å²) < 4.78 is 40.5. The number of halogens is 3. The minimum absolute atomic E-state index is 0.00556. The van der Waals surface area contributed by atoms with Crippen molar-refractivity contribution in [3.05, 3.63) is 29.8 Å². The average molecular weight is 229 g/mol. The zero-order chi connectivity index (χ0) is 12.0. The van der Waals surface area contributed by atoms with Crippen LogP contribution in [0.15, 0.2) is 24.3 Å². The maximum Gasteiger partial charge on any atom is 0.389 e. The fourth-order valence-electron chi connectivity index (χ4n) is 1.12. The van der Waals surface area contributed by atoms with E-state index in [0.717, 1.165) is 0 Å². The maximum absolute atomic E-state index is 11.8. The molecule has 0 aromatic heterocycles. The lowest BCUT2D eigenvalue weighted by Crippen LogP contribution is -2.09. The van der Waals surface area contributed by atoms with Crippen LogP contribution in [0.2, 0.25) is 0 Å². The van der Waals surface area contributed by atoms with Gasteiger partial charge in [-0.3, -0.25) is 0 Å². The topological polar surface area (TPSA) is 33.0 Å². The minimum atomic E-state index is -4.14. The third-order valence-corrected chi connectivity index (χ3v) is 1.84. The summed E-state index contributed by atoms with van der Waals surface area (Å²) in [6, 6.07) is 8.24. The van der Waals surface area contributed by atoms with Gasteiger partial charge in [0.05, 0.1) is 18.2 Å². The molecule has 0 atom stereocenters. The van der Waals surface area contributed by atoms with Crippen molar-refractivity contribution in [3.63, 3.8) is 0 Å². The first-order chi connectivity index (χ1) is 7.51. The lowest BCUT2D eigenvalue weighted by atomic mass is 10.2. The first kappa shape index (κ1) is 12.4. The molecule has 0 radical (unpaired) electrons.